The van der Waals surface area contributed by atoms with Gasteiger partial charge in [0.25, 0.3) is 0 Å². The van der Waals surface area contributed by atoms with Crippen LogP contribution in [-0.4, -0.2) is 51.6 Å². The molecule has 152 valence electrons. The zero-order valence-corrected chi connectivity index (χ0v) is 16.2. The maximum atomic E-state index is 10.3. The predicted octanol–water partition coefficient (Wildman–Crippen LogP) is 2.28. The number of aliphatic hydroxyl groups is 4. The van der Waals surface area contributed by atoms with Gasteiger partial charge in [0.2, 0.25) is 0 Å². The first kappa shape index (κ1) is 20.8. The maximum Gasteiger partial charge on any atom is 0.126 e. The molecule has 5 atom stereocenters. The minimum atomic E-state index is -1.04. The van der Waals surface area contributed by atoms with Gasteiger partial charge in [-0.05, 0) is 40.8 Å². The number of nitrogens with one attached hydrogen (secondary N) is 1. The molecule has 0 amide bonds. The molecule has 28 heavy (non-hydrogen) atoms. The Morgan fingerprint density at radius 1 is 1.07 bits per heavy atom. The van der Waals surface area contributed by atoms with E-state index in [0.717, 1.165) is 22.4 Å². The molecule has 1 saturated heterocycles. The lowest BCUT2D eigenvalue weighted by Crippen LogP contribution is -2.44. The van der Waals surface area contributed by atoms with Gasteiger partial charge in [-0.3, -0.25) is 0 Å². The van der Waals surface area contributed by atoms with Crippen molar-refractivity contribution in [2.45, 2.75) is 50.9 Å². The molecule has 1 aliphatic rings. The molecule has 1 aliphatic heterocycles. The van der Waals surface area contributed by atoms with Gasteiger partial charge >= 0.3 is 0 Å². The molecule has 0 aliphatic carbocycles. The van der Waals surface area contributed by atoms with Crippen LogP contribution in [0.5, 0.6) is 0 Å². The summed E-state index contributed by atoms with van der Waals surface area (Å²) in [5.74, 6) is 0.108. The van der Waals surface area contributed by atoms with E-state index in [1.165, 1.54) is 0 Å². The molecule has 6 nitrogen and oxygen atoms in total. The number of hydrogen-bond donors (Lipinski definition) is 5. The van der Waals surface area contributed by atoms with E-state index in [9.17, 15) is 20.4 Å². The number of ether oxygens (including phenoxy) is 1. The van der Waals surface area contributed by atoms with Crippen molar-refractivity contribution in [3.05, 3.63) is 54.1 Å². The van der Waals surface area contributed by atoms with E-state index in [1.54, 1.807) is 0 Å². The fraction of sp³-hybridized carbons (Fsp3) is 0.455. The molecular weight excluding hydrogens is 358 g/mol. The number of anilines is 1. The zero-order chi connectivity index (χ0) is 20.3. The second kappa shape index (κ2) is 9.03. The average molecular weight is 387 g/mol. The lowest BCUT2D eigenvalue weighted by molar-refractivity contribution is -0.179. The largest absolute Gasteiger partial charge is 0.394 e. The van der Waals surface area contributed by atoms with E-state index in [-0.39, 0.29) is 18.9 Å². The summed E-state index contributed by atoms with van der Waals surface area (Å²) in [6.07, 6.45) is -3.55. The first-order valence-corrected chi connectivity index (χ1v) is 9.66. The van der Waals surface area contributed by atoms with Gasteiger partial charge in [0.05, 0.1) is 18.8 Å². The Labute approximate surface area is 165 Å². The van der Waals surface area contributed by atoms with Crippen LogP contribution in [0.4, 0.5) is 5.69 Å². The van der Waals surface area contributed by atoms with E-state index in [2.05, 4.69) is 5.32 Å². The van der Waals surface area contributed by atoms with Crippen LogP contribution in [0.2, 0.25) is 0 Å². The topological polar surface area (TPSA) is 102 Å². The summed E-state index contributed by atoms with van der Waals surface area (Å²) >= 11 is 0. The van der Waals surface area contributed by atoms with E-state index in [0.29, 0.717) is 0 Å². The molecule has 5 unspecified atom stereocenters. The molecule has 1 fully saturated rings. The van der Waals surface area contributed by atoms with Crippen molar-refractivity contribution in [3.63, 3.8) is 0 Å². The van der Waals surface area contributed by atoms with Crippen LogP contribution in [0.25, 0.3) is 11.1 Å². The monoisotopic (exact) mass is 387 g/mol. The summed E-state index contributed by atoms with van der Waals surface area (Å²) in [7, 11) is 0. The fourth-order valence-corrected chi connectivity index (χ4v) is 3.34. The van der Waals surface area contributed by atoms with Crippen LogP contribution in [0.1, 0.15) is 31.9 Å². The van der Waals surface area contributed by atoms with Gasteiger partial charge in [-0.2, -0.15) is 0 Å². The molecule has 0 bridgehead atoms. The highest BCUT2D eigenvalue weighted by molar-refractivity contribution is 5.67. The van der Waals surface area contributed by atoms with E-state index in [4.69, 9.17) is 4.74 Å². The molecule has 2 aromatic rings. The number of benzene rings is 2. The van der Waals surface area contributed by atoms with Crippen molar-refractivity contribution in [3.8, 4) is 11.1 Å². The Morgan fingerprint density at radius 2 is 1.79 bits per heavy atom. The van der Waals surface area contributed by atoms with Crippen LogP contribution in [0.3, 0.4) is 0 Å². The van der Waals surface area contributed by atoms with Crippen molar-refractivity contribution in [1.82, 2.24) is 0 Å². The summed E-state index contributed by atoms with van der Waals surface area (Å²) in [5, 5.41) is 42.8. The van der Waals surface area contributed by atoms with Crippen molar-refractivity contribution in [2.24, 2.45) is 5.92 Å². The molecule has 0 spiro atoms. The van der Waals surface area contributed by atoms with Crippen molar-refractivity contribution >= 4 is 5.69 Å². The van der Waals surface area contributed by atoms with Crippen LogP contribution in [0.15, 0.2) is 48.5 Å². The molecule has 6 heteroatoms. The van der Waals surface area contributed by atoms with E-state index >= 15 is 0 Å². The number of hydrogen-bond acceptors (Lipinski definition) is 6. The predicted molar refractivity (Wildman–Crippen MR) is 108 cm³/mol. The van der Waals surface area contributed by atoms with E-state index in [1.807, 2.05) is 62.4 Å². The molecule has 5 N–H and O–H groups in total. The lowest BCUT2D eigenvalue weighted by Gasteiger charge is -2.37. The second-order valence-corrected chi connectivity index (χ2v) is 7.69. The van der Waals surface area contributed by atoms with Crippen LogP contribution >= 0.6 is 0 Å². The molecule has 3 rings (SSSR count). The lowest BCUT2D eigenvalue weighted by atomic mass is 9.91. The highest BCUT2D eigenvalue weighted by Gasteiger charge is 2.37. The Kier molecular flexibility index (Phi) is 6.69. The summed E-state index contributed by atoms with van der Waals surface area (Å²) < 4.78 is 5.78. The summed E-state index contributed by atoms with van der Waals surface area (Å²) in [4.78, 5) is 0. The van der Waals surface area contributed by atoms with Gasteiger partial charge in [0, 0.05) is 12.1 Å². The van der Waals surface area contributed by atoms with Crippen molar-refractivity contribution < 1.29 is 25.2 Å². The quantitative estimate of drug-likeness (QED) is 0.488. The van der Waals surface area contributed by atoms with Gasteiger partial charge in [-0.1, -0.05) is 44.2 Å². The van der Waals surface area contributed by atoms with Gasteiger partial charge in [0.15, 0.2) is 0 Å². The van der Waals surface area contributed by atoms with Gasteiger partial charge in [-0.25, -0.2) is 0 Å². The Hall–Kier alpha value is -1.96. The highest BCUT2D eigenvalue weighted by atomic mass is 16.5. The van der Waals surface area contributed by atoms with Crippen LogP contribution in [0, 0.1) is 5.92 Å². The SMILES string of the molecule is CC(C)C(O)Nc1ccc(-c2cccc(C3OC(CO)CC(O)C3O)c2)cc1. The normalized spacial score (nSPS) is 26.2. The highest BCUT2D eigenvalue weighted by Crippen LogP contribution is 2.34. The molecular formula is C22H29NO5. The Morgan fingerprint density at radius 3 is 2.43 bits per heavy atom. The molecule has 0 aromatic heterocycles. The number of rotatable bonds is 6. The van der Waals surface area contributed by atoms with Gasteiger partial charge in [-0.15, -0.1) is 0 Å². The minimum absolute atomic E-state index is 0.108. The third-order valence-corrected chi connectivity index (χ3v) is 5.13. The van der Waals surface area contributed by atoms with Crippen molar-refractivity contribution in [2.75, 3.05) is 11.9 Å². The van der Waals surface area contributed by atoms with Gasteiger partial charge in [0.1, 0.15) is 18.4 Å². The van der Waals surface area contributed by atoms with Crippen molar-refractivity contribution in [1.29, 1.82) is 0 Å². The Balaban J connectivity index is 1.79. The van der Waals surface area contributed by atoms with Gasteiger partial charge < -0.3 is 30.5 Å². The first-order chi connectivity index (χ1) is 13.4. The summed E-state index contributed by atoms with van der Waals surface area (Å²) in [6.45, 7) is 3.69. The second-order valence-electron chi connectivity index (χ2n) is 7.69. The average Bonchev–Trinajstić information content (AvgIpc) is 2.70. The molecule has 2 aromatic carbocycles. The Bertz CT molecular complexity index is 764. The summed E-state index contributed by atoms with van der Waals surface area (Å²) in [5.41, 5.74) is 3.52. The van der Waals surface area contributed by atoms with Crippen LogP contribution < -0.4 is 5.32 Å². The molecule has 1 heterocycles. The third kappa shape index (κ3) is 4.71. The summed E-state index contributed by atoms with van der Waals surface area (Å²) in [6, 6.07) is 15.3. The zero-order valence-electron chi connectivity index (χ0n) is 16.2. The fourth-order valence-electron chi connectivity index (χ4n) is 3.34. The minimum Gasteiger partial charge on any atom is -0.394 e. The van der Waals surface area contributed by atoms with E-state index < -0.39 is 30.6 Å². The third-order valence-electron chi connectivity index (χ3n) is 5.13. The van der Waals surface area contributed by atoms with Crippen LogP contribution in [-0.2, 0) is 4.74 Å². The number of aliphatic hydroxyl groups excluding tert-OH is 4. The molecule has 0 radical (unpaired) electrons. The maximum absolute atomic E-state index is 10.3. The smallest absolute Gasteiger partial charge is 0.126 e. The molecule has 0 saturated carbocycles. The first-order valence-electron chi connectivity index (χ1n) is 9.66. The standard InChI is InChI=1S/C22H29NO5/c1-13(2)22(27)23-17-8-6-14(7-9-17)15-4-3-5-16(10-15)21-20(26)19(25)11-18(12-24)28-21/h3-10,13,18-27H,11-12H2,1-2H3.